The van der Waals surface area contributed by atoms with Crippen molar-refractivity contribution >= 4 is 17.8 Å². The van der Waals surface area contributed by atoms with Crippen LogP contribution in [0.15, 0.2) is 66.9 Å². The Bertz CT molecular complexity index is 929. The lowest BCUT2D eigenvalue weighted by molar-refractivity contribution is -0.111. The molecule has 0 spiro atoms. The summed E-state index contributed by atoms with van der Waals surface area (Å²) in [7, 11) is 0. The molecular weight excluding hydrogens is 314 g/mol. The van der Waals surface area contributed by atoms with Gasteiger partial charge in [-0.05, 0) is 41.5 Å². The van der Waals surface area contributed by atoms with Crippen LogP contribution in [0.1, 0.15) is 11.1 Å². The minimum Gasteiger partial charge on any atom is -0.493 e. The maximum Gasteiger partial charge on any atom is 0.249 e. The molecule has 0 unspecified atom stereocenters. The first-order valence-corrected chi connectivity index (χ1v) is 8.14. The molecule has 2 aromatic carbocycles. The summed E-state index contributed by atoms with van der Waals surface area (Å²) >= 11 is 0. The van der Waals surface area contributed by atoms with Crippen LogP contribution in [-0.2, 0) is 11.2 Å². The summed E-state index contributed by atoms with van der Waals surface area (Å²) in [5.74, 6) is 1.24. The van der Waals surface area contributed by atoms with Crippen molar-refractivity contribution in [3.05, 3.63) is 78.0 Å². The number of rotatable bonds is 4. The first-order valence-electron chi connectivity index (χ1n) is 8.14. The van der Waals surface area contributed by atoms with E-state index >= 15 is 0 Å². The number of hydrogen-bond acceptors (Lipinski definition) is 3. The molecule has 25 heavy (non-hydrogen) atoms. The van der Waals surface area contributed by atoms with Crippen molar-refractivity contribution in [1.29, 1.82) is 0 Å². The molecule has 3 aromatic rings. The van der Waals surface area contributed by atoms with E-state index in [-0.39, 0.29) is 5.91 Å². The number of anilines is 1. The van der Waals surface area contributed by atoms with E-state index in [0.717, 1.165) is 30.0 Å². The molecule has 0 bridgehead atoms. The second-order valence-corrected chi connectivity index (χ2v) is 5.77. The van der Waals surface area contributed by atoms with Gasteiger partial charge in [-0.15, -0.1) is 0 Å². The fourth-order valence-corrected chi connectivity index (χ4v) is 2.77. The normalized spacial score (nSPS) is 12.8. The Morgan fingerprint density at radius 3 is 2.92 bits per heavy atom. The van der Waals surface area contributed by atoms with Gasteiger partial charge in [-0.1, -0.05) is 24.3 Å². The molecule has 1 aromatic heterocycles. The number of carbonyl (C=O) groups is 1. The van der Waals surface area contributed by atoms with E-state index in [4.69, 9.17) is 4.74 Å². The summed E-state index contributed by atoms with van der Waals surface area (Å²) in [6, 6.07) is 17.5. The number of ether oxygens (including phenoxy) is 1. The van der Waals surface area contributed by atoms with Gasteiger partial charge in [-0.2, -0.15) is 5.10 Å². The van der Waals surface area contributed by atoms with Gasteiger partial charge in [0.05, 0.1) is 12.3 Å². The number of hydrogen-bond donors (Lipinski definition) is 1. The van der Waals surface area contributed by atoms with Crippen LogP contribution in [0, 0.1) is 0 Å². The van der Waals surface area contributed by atoms with Crippen LogP contribution in [0.4, 0.5) is 5.82 Å². The smallest absolute Gasteiger partial charge is 0.249 e. The van der Waals surface area contributed by atoms with Crippen LogP contribution < -0.4 is 10.1 Å². The van der Waals surface area contributed by atoms with Crippen LogP contribution in [0.25, 0.3) is 11.8 Å². The second-order valence-electron chi connectivity index (χ2n) is 5.77. The Kier molecular flexibility index (Phi) is 4.04. The van der Waals surface area contributed by atoms with Crippen LogP contribution in [0.5, 0.6) is 5.75 Å². The van der Waals surface area contributed by atoms with E-state index in [2.05, 4.69) is 16.5 Å². The minimum atomic E-state index is -0.213. The summed E-state index contributed by atoms with van der Waals surface area (Å²) in [6.07, 6.45) is 6.04. The average Bonchev–Trinajstić information content (AvgIpc) is 3.29. The van der Waals surface area contributed by atoms with Crippen LogP contribution in [0.3, 0.4) is 0 Å². The third kappa shape index (κ3) is 3.45. The molecule has 2 heterocycles. The predicted octanol–water partition coefficient (Wildman–Crippen LogP) is 3.46. The molecule has 0 atom stereocenters. The van der Waals surface area contributed by atoms with E-state index in [1.807, 2.05) is 48.7 Å². The Morgan fingerprint density at radius 1 is 1.16 bits per heavy atom. The summed E-state index contributed by atoms with van der Waals surface area (Å²) in [6.45, 7) is 0.729. The van der Waals surface area contributed by atoms with Gasteiger partial charge in [0.15, 0.2) is 5.82 Å². The van der Waals surface area contributed by atoms with Gasteiger partial charge >= 0.3 is 0 Å². The highest BCUT2D eigenvalue weighted by Gasteiger charge is 2.11. The molecular formula is C20H17N3O2. The third-order valence-corrected chi connectivity index (χ3v) is 4.00. The third-order valence-electron chi connectivity index (χ3n) is 4.00. The largest absolute Gasteiger partial charge is 0.493 e. The highest BCUT2D eigenvalue weighted by molar-refractivity contribution is 6.01. The van der Waals surface area contributed by atoms with Crippen molar-refractivity contribution in [2.24, 2.45) is 0 Å². The van der Waals surface area contributed by atoms with Crippen LogP contribution >= 0.6 is 0 Å². The van der Waals surface area contributed by atoms with Crippen molar-refractivity contribution in [3.63, 3.8) is 0 Å². The number of carbonyl (C=O) groups excluding carboxylic acids is 1. The van der Waals surface area contributed by atoms with E-state index < -0.39 is 0 Å². The second kappa shape index (κ2) is 6.65. The number of fused-ring (bicyclic) bond motifs is 1. The molecule has 1 N–H and O–H groups in total. The Hall–Kier alpha value is -3.34. The first kappa shape index (κ1) is 15.2. The monoisotopic (exact) mass is 331 g/mol. The topological polar surface area (TPSA) is 56.1 Å². The lowest BCUT2D eigenvalue weighted by atomic mass is 10.1. The lowest BCUT2D eigenvalue weighted by Crippen LogP contribution is -2.08. The standard InChI is InChI=1S/C20H17N3O2/c24-20(9-7-15-6-8-18-16(14-15)11-13-25-18)21-19-10-12-23(22-19)17-4-2-1-3-5-17/h1-10,12,14H,11,13H2,(H,21,22,24)/b9-7+. The average molecular weight is 331 g/mol. The number of nitrogens with zero attached hydrogens (tertiary/aromatic N) is 2. The predicted molar refractivity (Wildman–Crippen MR) is 96.9 cm³/mol. The van der Waals surface area contributed by atoms with Crippen molar-refractivity contribution in [2.45, 2.75) is 6.42 Å². The van der Waals surface area contributed by atoms with E-state index in [0.29, 0.717) is 5.82 Å². The molecule has 124 valence electrons. The number of para-hydroxylation sites is 1. The van der Waals surface area contributed by atoms with Gasteiger partial charge in [0.25, 0.3) is 0 Å². The van der Waals surface area contributed by atoms with Gasteiger partial charge in [-0.25, -0.2) is 4.68 Å². The number of amides is 1. The number of nitrogens with one attached hydrogen (secondary N) is 1. The molecule has 5 nitrogen and oxygen atoms in total. The maximum absolute atomic E-state index is 12.1. The summed E-state index contributed by atoms with van der Waals surface area (Å²) < 4.78 is 7.20. The van der Waals surface area contributed by atoms with Gasteiger partial charge in [0, 0.05) is 24.8 Å². The number of aromatic nitrogens is 2. The zero-order valence-corrected chi connectivity index (χ0v) is 13.6. The Morgan fingerprint density at radius 2 is 2.04 bits per heavy atom. The molecule has 1 amide bonds. The van der Waals surface area contributed by atoms with Crippen molar-refractivity contribution in [1.82, 2.24) is 9.78 Å². The van der Waals surface area contributed by atoms with E-state index in [1.165, 1.54) is 11.6 Å². The fraction of sp³-hybridized carbons (Fsp3) is 0.100. The van der Waals surface area contributed by atoms with Gasteiger partial charge in [-0.3, -0.25) is 4.79 Å². The zero-order chi connectivity index (χ0) is 17.1. The summed E-state index contributed by atoms with van der Waals surface area (Å²) in [5.41, 5.74) is 3.11. The summed E-state index contributed by atoms with van der Waals surface area (Å²) in [4.78, 5) is 12.1. The molecule has 1 aliphatic rings. The van der Waals surface area contributed by atoms with Gasteiger partial charge < -0.3 is 10.1 Å². The Labute approximate surface area is 145 Å². The fourth-order valence-electron chi connectivity index (χ4n) is 2.77. The van der Waals surface area contributed by atoms with Crippen molar-refractivity contribution < 1.29 is 9.53 Å². The van der Waals surface area contributed by atoms with Crippen LogP contribution in [0.2, 0.25) is 0 Å². The highest BCUT2D eigenvalue weighted by Crippen LogP contribution is 2.26. The quantitative estimate of drug-likeness (QED) is 0.745. The van der Waals surface area contributed by atoms with Crippen molar-refractivity contribution in [3.8, 4) is 11.4 Å². The SMILES string of the molecule is O=C(/C=C/c1ccc2c(c1)CCO2)Nc1ccn(-c2ccccc2)n1. The maximum atomic E-state index is 12.1. The first-order chi connectivity index (χ1) is 12.3. The summed E-state index contributed by atoms with van der Waals surface area (Å²) in [5, 5.41) is 7.13. The molecule has 1 aliphatic heterocycles. The van der Waals surface area contributed by atoms with Gasteiger partial charge in [0.1, 0.15) is 5.75 Å². The number of benzene rings is 2. The molecule has 0 saturated carbocycles. The zero-order valence-electron chi connectivity index (χ0n) is 13.6. The minimum absolute atomic E-state index is 0.213. The Balaban J connectivity index is 1.41. The molecule has 0 radical (unpaired) electrons. The molecule has 0 aliphatic carbocycles. The van der Waals surface area contributed by atoms with Gasteiger partial charge in [0.2, 0.25) is 5.91 Å². The van der Waals surface area contributed by atoms with E-state index in [1.54, 1.807) is 16.8 Å². The van der Waals surface area contributed by atoms with E-state index in [9.17, 15) is 4.79 Å². The molecule has 0 fully saturated rings. The molecule has 4 rings (SSSR count). The molecule has 5 heteroatoms. The highest BCUT2D eigenvalue weighted by atomic mass is 16.5. The lowest BCUT2D eigenvalue weighted by Gasteiger charge is -2.01. The molecule has 0 saturated heterocycles. The van der Waals surface area contributed by atoms with Crippen molar-refractivity contribution in [2.75, 3.05) is 11.9 Å². The van der Waals surface area contributed by atoms with Crippen LogP contribution in [-0.4, -0.2) is 22.3 Å².